The van der Waals surface area contributed by atoms with Gasteiger partial charge in [0.25, 0.3) is 10.0 Å². The molecule has 1 heterocycles. The fraction of sp³-hybridized carbons (Fsp3) is 0.455. The molecule has 0 atom stereocenters. The maximum absolute atomic E-state index is 12.2. The van der Waals surface area contributed by atoms with Crippen LogP contribution >= 0.6 is 11.3 Å². The molecule has 1 aromatic rings. The summed E-state index contributed by atoms with van der Waals surface area (Å²) in [5.74, 6) is -1.26. The SMILES string of the molecule is CNC(=O)CCN(C)S(=O)(=O)c1ccc(CC(=O)O)s1. The molecule has 0 saturated heterocycles. The number of sulfonamides is 1. The van der Waals surface area contributed by atoms with Crippen molar-refractivity contribution in [3.8, 4) is 0 Å². The van der Waals surface area contributed by atoms with Crippen LogP contribution in [0.3, 0.4) is 0 Å². The second kappa shape index (κ2) is 6.82. The van der Waals surface area contributed by atoms with E-state index in [-0.39, 0.29) is 29.5 Å². The van der Waals surface area contributed by atoms with Crippen LogP contribution in [-0.2, 0) is 26.0 Å². The molecule has 112 valence electrons. The number of carboxylic acid groups (broad SMARTS) is 1. The Morgan fingerprint density at radius 1 is 1.40 bits per heavy atom. The van der Waals surface area contributed by atoms with E-state index >= 15 is 0 Å². The Balaban J connectivity index is 2.79. The van der Waals surface area contributed by atoms with Crippen molar-refractivity contribution in [2.75, 3.05) is 20.6 Å². The second-order valence-electron chi connectivity index (χ2n) is 4.04. The smallest absolute Gasteiger partial charge is 0.308 e. The van der Waals surface area contributed by atoms with E-state index in [4.69, 9.17) is 5.11 Å². The van der Waals surface area contributed by atoms with Gasteiger partial charge in [-0.15, -0.1) is 11.3 Å². The number of hydrogen-bond acceptors (Lipinski definition) is 5. The number of amides is 1. The van der Waals surface area contributed by atoms with Crippen molar-refractivity contribution in [1.82, 2.24) is 9.62 Å². The standard InChI is InChI=1S/C11H16N2O5S2/c1-12-9(14)5-6-13(2)20(17,18)11-4-3-8(19-11)7-10(15)16/h3-4H,5-7H2,1-2H3,(H,12,14)(H,15,16). The van der Waals surface area contributed by atoms with E-state index in [1.807, 2.05) is 0 Å². The van der Waals surface area contributed by atoms with E-state index in [1.54, 1.807) is 0 Å². The summed E-state index contributed by atoms with van der Waals surface area (Å²) >= 11 is 0.925. The molecule has 0 aliphatic heterocycles. The van der Waals surface area contributed by atoms with Gasteiger partial charge >= 0.3 is 5.97 Å². The van der Waals surface area contributed by atoms with Gasteiger partial charge < -0.3 is 10.4 Å². The highest BCUT2D eigenvalue weighted by molar-refractivity contribution is 7.91. The first-order chi connectivity index (χ1) is 9.27. The minimum absolute atomic E-state index is 0.0637. The first-order valence-corrected chi connectivity index (χ1v) is 8.00. The number of carboxylic acids is 1. The van der Waals surface area contributed by atoms with Crippen molar-refractivity contribution in [3.05, 3.63) is 17.0 Å². The largest absolute Gasteiger partial charge is 0.481 e. The molecule has 2 N–H and O–H groups in total. The third-order valence-electron chi connectivity index (χ3n) is 2.56. The van der Waals surface area contributed by atoms with Crippen LogP contribution in [0.5, 0.6) is 0 Å². The zero-order valence-electron chi connectivity index (χ0n) is 11.1. The molecule has 0 unspecified atom stereocenters. The van der Waals surface area contributed by atoms with E-state index in [9.17, 15) is 18.0 Å². The van der Waals surface area contributed by atoms with Crippen molar-refractivity contribution in [1.29, 1.82) is 0 Å². The molecule has 0 bridgehead atoms. The van der Waals surface area contributed by atoms with Crippen LogP contribution < -0.4 is 5.32 Å². The minimum Gasteiger partial charge on any atom is -0.481 e. The van der Waals surface area contributed by atoms with Gasteiger partial charge in [0.05, 0.1) is 6.42 Å². The number of aliphatic carboxylic acids is 1. The van der Waals surface area contributed by atoms with E-state index in [2.05, 4.69) is 5.32 Å². The topological polar surface area (TPSA) is 104 Å². The molecule has 0 fully saturated rings. The molecule has 7 nitrogen and oxygen atoms in total. The predicted molar refractivity (Wildman–Crippen MR) is 74.2 cm³/mol. The lowest BCUT2D eigenvalue weighted by atomic mass is 10.3. The summed E-state index contributed by atoms with van der Waals surface area (Å²) in [6.45, 7) is 0.0637. The van der Waals surface area contributed by atoms with Gasteiger partial charge in [-0.25, -0.2) is 8.42 Å². The maximum atomic E-state index is 12.2. The van der Waals surface area contributed by atoms with Crippen molar-refractivity contribution in [3.63, 3.8) is 0 Å². The lowest BCUT2D eigenvalue weighted by molar-refractivity contribution is -0.136. The van der Waals surface area contributed by atoms with Gasteiger partial charge in [0.2, 0.25) is 5.91 Å². The van der Waals surface area contributed by atoms with Gasteiger partial charge in [0.15, 0.2) is 0 Å². The Labute approximate surface area is 121 Å². The molecule has 1 aromatic heterocycles. The highest BCUT2D eigenvalue weighted by atomic mass is 32.2. The second-order valence-corrected chi connectivity index (χ2v) is 7.48. The van der Waals surface area contributed by atoms with Crippen molar-refractivity contribution in [2.24, 2.45) is 0 Å². The zero-order chi connectivity index (χ0) is 15.3. The van der Waals surface area contributed by atoms with Gasteiger partial charge in [0.1, 0.15) is 4.21 Å². The highest BCUT2D eigenvalue weighted by Gasteiger charge is 2.23. The van der Waals surface area contributed by atoms with E-state index in [0.29, 0.717) is 4.88 Å². The Morgan fingerprint density at radius 2 is 2.05 bits per heavy atom. The molecular weight excluding hydrogens is 304 g/mol. The van der Waals surface area contributed by atoms with Crippen LogP contribution in [0.15, 0.2) is 16.3 Å². The van der Waals surface area contributed by atoms with Crippen LogP contribution in [0.2, 0.25) is 0 Å². The van der Waals surface area contributed by atoms with Crippen LogP contribution in [0.1, 0.15) is 11.3 Å². The number of carbonyl (C=O) groups excluding carboxylic acids is 1. The summed E-state index contributed by atoms with van der Waals surface area (Å²) in [5, 5.41) is 11.1. The van der Waals surface area contributed by atoms with Crippen molar-refractivity contribution >= 4 is 33.2 Å². The van der Waals surface area contributed by atoms with Gasteiger partial charge in [-0.1, -0.05) is 0 Å². The number of nitrogens with zero attached hydrogens (tertiary/aromatic N) is 1. The molecule has 20 heavy (non-hydrogen) atoms. The Morgan fingerprint density at radius 3 is 2.60 bits per heavy atom. The maximum Gasteiger partial charge on any atom is 0.308 e. The summed E-state index contributed by atoms with van der Waals surface area (Å²) in [6.07, 6.45) is -0.137. The van der Waals surface area contributed by atoms with E-state index in [1.165, 1.54) is 26.2 Å². The molecule has 0 aliphatic rings. The molecular formula is C11H16N2O5S2. The molecule has 0 aromatic carbocycles. The Bertz CT molecular complexity index is 594. The van der Waals surface area contributed by atoms with Gasteiger partial charge in [0, 0.05) is 31.9 Å². The quantitative estimate of drug-likeness (QED) is 0.743. The molecule has 0 aliphatic carbocycles. The Hall–Kier alpha value is -1.45. The summed E-state index contributed by atoms with van der Waals surface area (Å²) in [5.41, 5.74) is 0. The number of rotatable bonds is 7. The van der Waals surface area contributed by atoms with Crippen LogP contribution in [-0.4, -0.2) is 50.3 Å². The predicted octanol–water partition coefficient (Wildman–Crippen LogP) is 0.132. The highest BCUT2D eigenvalue weighted by Crippen LogP contribution is 2.24. The molecule has 1 rings (SSSR count). The average Bonchev–Trinajstić information content (AvgIpc) is 2.83. The lowest BCUT2D eigenvalue weighted by Crippen LogP contribution is -2.31. The first kappa shape index (κ1) is 16.6. The fourth-order valence-corrected chi connectivity index (χ4v) is 4.13. The summed E-state index contributed by atoms with van der Waals surface area (Å²) < 4.78 is 25.5. The minimum atomic E-state index is -3.68. The third-order valence-corrected chi connectivity index (χ3v) is 5.97. The monoisotopic (exact) mass is 320 g/mol. The van der Waals surface area contributed by atoms with Crippen molar-refractivity contribution < 1.29 is 23.1 Å². The van der Waals surface area contributed by atoms with E-state index in [0.717, 1.165) is 15.6 Å². The molecule has 0 saturated carbocycles. The molecule has 1 amide bonds. The Kier molecular flexibility index (Phi) is 5.66. The van der Waals surface area contributed by atoms with Crippen molar-refractivity contribution in [2.45, 2.75) is 17.1 Å². The average molecular weight is 320 g/mol. The summed E-state index contributed by atoms with van der Waals surface area (Å²) in [7, 11) is -0.815. The normalized spacial score (nSPS) is 11.6. The third kappa shape index (κ3) is 4.29. The number of thiophene rings is 1. The number of hydrogen-bond donors (Lipinski definition) is 2. The van der Waals surface area contributed by atoms with Gasteiger partial charge in [-0.05, 0) is 12.1 Å². The first-order valence-electron chi connectivity index (χ1n) is 5.74. The molecule has 9 heteroatoms. The van der Waals surface area contributed by atoms with E-state index < -0.39 is 16.0 Å². The summed E-state index contributed by atoms with van der Waals surface area (Å²) in [6, 6.07) is 2.87. The fourth-order valence-electron chi connectivity index (χ4n) is 1.40. The van der Waals surface area contributed by atoms with Gasteiger partial charge in [-0.3, -0.25) is 9.59 Å². The molecule has 0 radical (unpaired) electrons. The number of nitrogens with one attached hydrogen (secondary N) is 1. The number of carbonyl (C=O) groups is 2. The lowest BCUT2D eigenvalue weighted by Gasteiger charge is -2.15. The van der Waals surface area contributed by atoms with Crippen LogP contribution in [0.25, 0.3) is 0 Å². The molecule has 0 spiro atoms. The van der Waals surface area contributed by atoms with Crippen LogP contribution in [0, 0.1) is 0 Å². The van der Waals surface area contributed by atoms with Gasteiger partial charge in [-0.2, -0.15) is 4.31 Å². The van der Waals surface area contributed by atoms with Crippen LogP contribution in [0.4, 0.5) is 0 Å². The summed E-state index contributed by atoms with van der Waals surface area (Å²) in [4.78, 5) is 22.2. The zero-order valence-corrected chi connectivity index (χ0v) is 12.8.